The SMILES string of the molecule is C[C@H]1CN(C(C)(C)C)C[C@@H](CC(C)(C)C)O1. The average molecular weight is 227 g/mol. The van der Waals surface area contributed by atoms with Crippen molar-refractivity contribution in [1.82, 2.24) is 4.90 Å². The molecule has 0 aromatic rings. The van der Waals surface area contributed by atoms with Crippen LogP contribution < -0.4 is 0 Å². The lowest BCUT2D eigenvalue weighted by Gasteiger charge is -2.45. The van der Waals surface area contributed by atoms with Crippen LogP contribution in [0.5, 0.6) is 0 Å². The van der Waals surface area contributed by atoms with Gasteiger partial charge in [-0.2, -0.15) is 0 Å². The third-order valence-corrected chi connectivity index (χ3v) is 3.12. The van der Waals surface area contributed by atoms with Crippen LogP contribution in [-0.2, 0) is 4.74 Å². The molecule has 2 atom stereocenters. The van der Waals surface area contributed by atoms with E-state index in [2.05, 4.69) is 53.4 Å². The molecule has 0 unspecified atom stereocenters. The molecule has 1 heterocycles. The van der Waals surface area contributed by atoms with Crippen LogP contribution in [0.1, 0.15) is 54.9 Å². The van der Waals surface area contributed by atoms with E-state index in [0.29, 0.717) is 17.6 Å². The molecule has 1 saturated heterocycles. The van der Waals surface area contributed by atoms with Crippen LogP contribution in [0.25, 0.3) is 0 Å². The second-order valence-electron chi connectivity index (χ2n) is 7.41. The lowest BCUT2D eigenvalue weighted by Crippen LogP contribution is -2.54. The topological polar surface area (TPSA) is 12.5 Å². The first-order valence-electron chi connectivity index (χ1n) is 6.48. The Morgan fingerprint density at radius 2 is 1.62 bits per heavy atom. The van der Waals surface area contributed by atoms with Gasteiger partial charge in [0.1, 0.15) is 0 Å². The van der Waals surface area contributed by atoms with Gasteiger partial charge in [0, 0.05) is 18.6 Å². The van der Waals surface area contributed by atoms with Crippen molar-refractivity contribution in [2.24, 2.45) is 5.41 Å². The van der Waals surface area contributed by atoms with Crippen molar-refractivity contribution in [2.75, 3.05) is 13.1 Å². The lowest BCUT2D eigenvalue weighted by atomic mass is 9.88. The van der Waals surface area contributed by atoms with E-state index in [0.717, 1.165) is 19.5 Å². The van der Waals surface area contributed by atoms with Crippen LogP contribution in [0.4, 0.5) is 0 Å². The Bertz CT molecular complexity index is 224. The van der Waals surface area contributed by atoms with Gasteiger partial charge in [0.2, 0.25) is 0 Å². The molecule has 1 aliphatic rings. The molecule has 0 aromatic carbocycles. The summed E-state index contributed by atoms with van der Waals surface area (Å²) in [5.41, 5.74) is 0.611. The van der Waals surface area contributed by atoms with Crippen molar-refractivity contribution in [3.05, 3.63) is 0 Å². The second kappa shape index (κ2) is 4.66. The number of morpholine rings is 1. The van der Waals surface area contributed by atoms with E-state index < -0.39 is 0 Å². The Balaban J connectivity index is 2.61. The van der Waals surface area contributed by atoms with Gasteiger partial charge in [-0.3, -0.25) is 4.90 Å². The van der Waals surface area contributed by atoms with Crippen LogP contribution in [0.2, 0.25) is 0 Å². The van der Waals surface area contributed by atoms with Crippen molar-refractivity contribution in [2.45, 2.75) is 72.6 Å². The first-order chi connectivity index (χ1) is 7.08. The summed E-state index contributed by atoms with van der Waals surface area (Å²) in [7, 11) is 0. The molecule has 0 aromatic heterocycles. The van der Waals surface area contributed by atoms with E-state index in [4.69, 9.17) is 4.74 Å². The van der Waals surface area contributed by atoms with E-state index in [9.17, 15) is 0 Å². The van der Waals surface area contributed by atoms with E-state index in [1.807, 2.05) is 0 Å². The van der Waals surface area contributed by atoms with Crippen LogP contribution in [0.3, 0.4) is 0 Å². The summed E-state index contributed by atoms with van der Waals surface area (Å²) >= 11 is 0. The highest BCUT2D eigenvalue weighted by Crippen LogP contribution is 2.28. The standard InChI is InChI=1S/C14H29NO/c1-11-9-15(14(5,6)7)10-12(16-11)8-13(2,3)4/h11-12H,8-10H2,1-7H3/t11-,12+/m0/s1. The molecule has 0 radical (unpaired) electrons. The predicted molar refractivity (Wildman–Crippen MR) is 69.7 cm³/mol. The van der Waals surface area contributed by atoms with Crippen molar-refractivity contribution in [3.8, 4) is 0 Å². The zero-order chi connectivity index (χ0) is 12.6. The van der Waals surface area contributed by atoms with Crippen molar-refractivity contribution in [1.29, 1.82) is 0 Å². The molecule has 2 heteroatoms. The van der Waals surface area contributed by atoms with Gasteiger partial charge in [0.25, 0.3) is 0 Å². The van der Waals surface area contributed by atoms with Gasteiger partial charge in [-0.25, -0.2) is 0 Å². The minimum Gasteiger partial charge on any atom is -0.373 e. The minimum atomic E-state index is 0.258. The van der Waals surface area contributed by atoms with Crippen LogP contribution in [-0.4, -0.2) is 35.7 Å². The van der Waals surface area contributed by atoms with Gasteiger partial charge < -0.3 is 4.74 Å². The largest absolute Gasteiger partial charge is 0.373 e. The highest BCUT2D eigenvalue weighted by atomic mass is 16.5. The normalized spacial score (nSPS) is 29.4. The third-order valence-electron chi connectivity index (χ3n) is 3.12. The monoisotopic (exact) mass is 227 g/mol. The number of rotatable bonds is 1. The molecular weight excluding hydrogens is 198 g/mol. The molecule has 96 valence electrons. The lowest BCUT2D eigenvalue weighted by molar-refractivity contribution is -0.111. The van der Waals surface area contributed by atoms with Gasteiger partial charge >= 0.3 is 0 Å². The maximum absolute atomic E-state index is 6.05. The number of hydrogen-bond acceptors (Lipinski definition) is 2. The summed E-state index contributed by atoms with van der Waals surface area (Å²) in [6, 6.07) is 0. The Hall–Kier alpha value is -0.0800. The smallest absolute Gasteiger partial charge is 0.0711 e. The van der Waals surface area contributed by atoms with Crippen LogP contribution >= 0.6 is 0 Å². The summed E-state index contributed by atoms with van der Waals surface area (Å²) in [6.07, 6.45) is 1.90. The first kappa shape index (κ1) is 14.0. The molecule has 0 bridgehead atoms. The second-order valence-corrected chi connectivity index (χ2v) is 7.41. The van der Waals surface area contributed by atoms with Gasteiger partial charge in [0.15, 0.2) is 0 Å². The minimum absolute atomic E-state index is 0.258. The van der Waals surface area contributed by atoms with Gasteiger partial charge in [-0.1, -0.05) is 20.8 Å². The highest BCUT2D eigenvalue weighted by molar-refractivity contribution is 4.86. The highest BCUT2D eigenvalue weighted by Gasteiger charge is 2.33. The maximum atomic E-state index is 6.05. The fraction of sp³-hybridized carbons (Fsp3) is 1.00. The number of ether oxygens (including phenoxy) is 1. The quantitative estimate of drug-likeness (QED) is 0.681. The summed E-state index contributed by atoms with van der Waals surface area (Å²) < 4.78 is 6.05. The van der Waals surface area contributed by atoms with Crippen molar-refractivity contribution in [3.63, 3.8) is 0 Å². The molecule has 0 N–H and O–H groups in total. The Morgan fingerprint density at radius 3 is 2.06 bits per heavy atom. The van der Waals surface area contributed by atoms with E-state index in [1.165, 1.54) is 0 Å². The average Bonchev–Trinajstić information content (AvgIpc) is 1.97. The first-order valence-corrected chi connectivity index (χ1v) is 6.48. The van der Waals surface area contributed by atoms with E-state index >= 15 is 0 Å². The predicted octanol–water partition coefficient (Wildman–Crippen LogP) is 3.31. The Morgan fingerprint density at radius 1 is 1.06 bits per heavy atom. The summed E-state index contributed by atoms with van der Waals surface area (Å²) in [5.74, 6) is 0. The van der Waals surface area contributed by atoms with Crippen molar-refractivity contribution < 1.29 is 4.74 Å². The van der Waals surface area contributed by atoms with Gasteiger partial charge in [-0.15, -0.1) is 0 Å². The van der Waals surface area contributed by atoms with E-state index in [-0.39, 0.29) is 5.54 Å². The van der Waals surface area contributed by atoms with Crippen LogP contribution in [0, 0.1) is 5.41 Å². The fourth-order valence-corrected chi connectivity index (χ4v) is 2.39. The molecular formula is C14H29NO. The molecule has 0 aliphatic carbocycles. The molecule has 0 spiro atoms. The zero-order valence-corrected chi connectivity index (χ0v) is 12.1. The molecule has 1 rings (SSSR count). The number of nitrogens with zero attached hydrogens (tertiary/aromatic N) is 1. The van der Waals surface area contributed by atoms with Gasteiger partial charge in [-0.05, 0) is 39.5 Å². The Kier molecular flexibility index (Phi) is 4.07. The molecule has 16 heavy (non-hydrogen) atoms. The summed E-state index contributed by atoms with van der Waals surface area (Å²) in [6.45, 7) is 18.1. The zero-order valence-electron chi connectivity index (χ0n) is 12.1. The molecule has 0 saturated carbocycles. The summed E-state index contributed by atoms with van der Waals surface area (Å²) in [5, 5.41) is 0. The fourth-order valence-electron chi connectivity index (χ4n) is 2.39. The van der Waals surface area contributed by atoms with Gasteiger partial charge in [0.05, 0.1) is 12.2 Å². The number of hydrogen-bond donors (Lipinski definition) is 0. The Labute approximate surface area is 101 Å². The maximum Gasteiger partial charge on any atom is 0.0711 e. The third kappa shape index (κ3) is 4.42. The van der Waals surface area contributed by atoms with Crippen molar-refractivity contribution >= 4 is 0 Å². The van der Waals surface area contributed by atoms with E-state index in [1.54, 1.807) is 0 Å². The summed E-state index contributed by atoms with van der Waals surface area (Å²) in [4.78, 5) is 2.55. The molecule has 2 nitrogen and oxygen atoms in total. The molecule has 1 fully saturated rings. The molecule has 1 aliphatic heterocycles. The van der Waals surface area contributed by atoms with Crippen LogP contribution in [0.15, 0.2) is 0 Å². The molecule has 0 amide bonds.